The monoisotopic (exact) mass is 438 g/mol. The van der Waals surface area contributed by atoms with Crippen LogP contribution < -0.4 is 10.2 Å². The molecule has 0 spiro atoms. The standard InChI is InChI=1S/C29H30N2O2/c1-5-6-9-22-12-15-25(16-13-22)31-28(32)26(23-14-11-20(3)21(4)18-23)27(29(31)33)30-24-10-7-8-19(2)17-24/h7-8,10-18,30H,5-6,9H2,1-4H3. The van der Waals surface area contributed by atoms with Crippen LogP contribution in [0.25, 0.3) is 5.57 Å². The average molecular weight is 439 g/mol. The van der Waals surface area contributed by atoms with E-state index in [2.05, 4.69) is 12.2 Å². The summed E-state index contributed by atoms with van der Waals surface area (Å²) >= 11 is 0. The van der Waals surface area contributed by atoms with Gasteiger partial charge in [-0.1, -0.05) is 55.8 Å². The fraction of sp³-hybridized carbons (Fsp3) is 0.241. The molecule has 3 aromatic carbocycles. The van der Waals surface area contributed by atoms with Gasteiger partial charge in [0.25, 0.3) is 11.8 Å². The first-order valence-electron chi connectivity index (χ1n) is 11.5. The van der Waals surface area contributed by atoms with Crippen LogP contribution in [0.2, 0.25) is 0 Å². The third-order valence-electron chi connectivity index (χ3n) is 6.18. The van der Waals surface area contributed by atoms with Crippen molar-refractivity contribution in [2.45, 2.75) is 47.0 Å². The Morgan fingerprint density at radius 3 is 2.24 bits per heavy atom. The van der Waals surface area contributed by atoms with E-state index < -0.39 is 0 Å². The Morgan fingerprint density at radius 2 is 1.58 bits per heavy atom. The van der Waals surface area contributed by atoms with Gasteiger partial charge in [0.05, 0.1) is 11.3 Å². The number of anilines is 2. The Morgan fingerprint density at radius 1 is 0.818 bits per heavy atom. The number of amides is 2. The second-order valence-electron chi connectivity index (χ2n) is 8.76. The van der Waals surface area contributed by atoms with Crippen molar-refractivity contribution in [3.63, 3.8) is 0 Å². The molecule has 1 heterocycles. The minimum Gasteiger partial charge on any atom is -0.350 e. The summed E-state index contributed by atoms with van der Waals surface area (Å²) < 4.78 is 0. The summed E-state index contributed by atoms with van der Waals surface area (Å²) in [5.41, 5.74) is 7.33. The van der Waals surface area contributed by atoms with E-state index in [4.69, 9.17) is 0 Å². The Hall–Kier alpha value is -3.66. The van der Waals surface area contributed by atoms with Crippen molar-refractivity contribution in [1.82, 2.24) is 0 Å². The number of unbranched alkanes of at least 4 members (excludes halogenated alkanes) is 1. The lowest BCUT2D eigenvalue weighted by Gasteiger charge is -2.16. The number of imide groups is 1. The lowest BCUT2D eigenvalue weighted by Crippen LogP contribution is -2.32. The molecule has 0 saturated carbocycles. The third kappa shape index (κ3) is 4.61. The first-order chi connectivity index (χ1) is 15.9. The van der Waals surface area contributed by atoms with E-state index in [0.29, 0.717) is 17.0 Å². The number of benzene rings is 3. The molecule has 1 aliphatic heterocycles. The molecule has 168 valence electrons. The summed E-state index contributed by atoms with van der Waals surface area (Å²) in [4.78, 5) is 28.5. The maximum atomic E-state index is 13.6. The number of aryl methyl sites for hydroxylation is 4. The van der Waals surface area contributed by atoms with Gasteiger partial charge in [0.2, 0.25) is 0 Å². The van der Waals surface area contributed by atoms with E-state index in [-0.39, 0.29) is 11.8 Å². The van der Waals surface area contributed by atoms with E-state index in [1.54, 1.807) is 0 Å². The van der Waals surface area contributed by atoms with Crippen molar-refractivity contribution < 1.29 is 9.59 Å². The highest BCUT2D eigenvalue weighted by atomic mass is 16.2. The van der Waals surface area contributed by atoms with E-state index in [1.165, 1.54) is 10.5 Å². The average Bonchev–Trinajstić information content (AvgIpc) is 3.04. The maximum Gasteiger partial charge on any atom is 0.282 e. The molecule has 4 nitrogen and oxygen atoms in total. The molecule has 1 aliphatic rings. The number of hydrogen-bond acceptors (Lipinski definition) is 3. The first kappa shape index (κ1) is 22.5. The highest BCUT2D eigenvalue weighted by molar-refractivity contribution is 6.46. The Balaban J connectivity index is 1.76. The van der Waals surface area contributed by atoms with Gasteiger partial charge in [-0.05, 0) is 85.7 Å². The molecular weight excluding hydrogens is 408 g/mol. The van der Waals surface area contributed by atoms with Gasteiger partial charge < -0.3 is 5.32 Å². The van der Waals surface area contributed by atoms with Crippen molar-refractivity contribution in [1.29, 1.82) is 0 Å². The predicted octanol–water partition coefficient (Wildman–Crippen LogP) is 6.35. The van der Waals surface area contributed by atoms with Gasteiger partial charge in [-0.15, -0.1) is 0 Å². The molecule has 0 fully saturated rings. The van der Waals surface area contributed by atoms with E-state index in [9.17, 15) is 9.59 Å². The number of carbonyl (C=O) groups is 2. The maximum absolute atomic E-state index is 13.6. The predicted molar refractivity (Wildman–Crippen MR) is 135 cm³/mol. The number of nitrogens with one attached hydrogen (secondary N) is 1. The zero-order valence-corrected chi connectivity index (χ0v) is 19.7. The van der Waals surface area contributed by atoms with Gasteiger partial charge in [-0.3, -0.25) is 9.59 Å². The van der Waals surface area contributed by atoms with Gasteiger partial charge in [-0.2, -0.15) is 0 Å². The number of rotatable bonds is 7. The molecule has 1 N–H and O–H groups in total. The van der Waals surface area contributed by atoms with Gasteiger partial charge >= 0.3 is 0 Å². The van der Waals surface area contributed by atoms with Crippen LogP contribution >= 0.6 is 0 Å². The molecule has 3 aromatic rings. The van der Waals surface area contributed by atoms with Crippen LogP contribution in [0.4, 0.5) is 11.4 Å². The molecule has 4 heteroatoms. The quantitative estimate of drug-likeness (QED) is 0.437. The summed E-state index contributed by atoms with van der Waals surface area (Å²) in [6, 6.07) is 21.4. The van der Waals surface area contributed by atoms with E-state index in [1.807, 2.05) is 87.5 Å². The molecule has 0 saturated heterocycles. The fourth-order valence-electron chi connectivity index (χ4n) is 4.10. The summed E-state index contributed by atoms with van der Waals surface area (Å²) in [7, 11) is 0. The number of hydrogen-bond donors (Lipinski definition) is 1. The number of carbonyl (C=O) groups excluding carboxylic acids is 2. The summed E-state index contributed by atoms with van der Waals surface area (Å²) in [5, 5.41) is 3.25. The lowest BCUT2D eigenvalue weighted by molar-refractivity contribution is -0.120. The zero-order valence-electron chi connectivity index (χ0n) is 19.7. The SMILES string of the molecule is CCCCc1ccc(N2C(=O)C(Nc3cccc(C)c3)=C(c3ccc(C)c(C)c3)C2=O)cc1. The van der Waals surface area contributed by atoms with Gasteiger partial charge in [0.1, 0.15) is 5.70 Å². The molecule has 0 unspecified atom stereocenters. The molecule has 0 radical (unpaired) electrons. The van der Waals surface area contributed by atoms with Crippen LogP contribution in [0.1, 0.15) is 47.6 Å². The second kappa shape index (κ2) is 9.45. The Kier molecular flexibility index (Phi) is 6.45. The summed E-state index contributed by atoms with van der Waals surface area (Å²) in [5.74, 6) is -0.643. The molecule has 0 aromatic heterocycles. The zero-order chi connectivity index (χ0) is 23.5. The lowest BCUT2D eigenvalue weighted by atomic mass is 9.99. The Bertz CT molecular complexity index is 1240. The van der Waals surface area contributed by atoms with Crippen molar-refractivity contribution in [3.05, 3.63) is 100 Å². The molecule has 33 heavy (non-hydrogen) atoms. The highest BCUT2D eigenvalue weighted by Crippen LogP contribution is 2.34. The molecular formula is C29H30N2O2. The third-order valence-corrected chi connectivity index (χ3v) is 6.18. The first-order valence-corrected chi connectivity index (χ1v) is 11.5. The second-order valence-corrected chi connectivity index (χ2v) is 8.76. The van der Waals surface area contributed by atoms with Crippen LogP contribution in [-0.2, 0) is 16.0 Å². The topological polar surface area (TPSA) is 49.4 Å². The van der Waals surface area contributed by atoms with Crippen molar-refractivity contribution >= 4 is 28.8 Å². The van der Waals surface area contributed by atoms with Crippen molar-refractivity contribution in [3.8, 4) is 0 Å². The van der Waals surface area contributed by atoms with Gasteiger partial charge in [0.15, 0.2) is 0 Å². The molecule has 0 aliphatic carbocycles. The van der Waals surface area contributed by atoms with Crippen molar-refractivity contribution in [2.24, 2.45) is 0 Å². The van der Waals surface area contributed by atoms with Crippen LogP contribution in [-0.4, -0.2) is 11.8 Å². The fourth-order valence-corrected chi connectivity index (χ4v) is 4.10. The van der Waals surface area contributed by atoms with E-state index in [0.717, 1.165) is 47.2 Å². The van der Waals surface area contributed by atoms with Crippen LogP contribution in [0, 0.1) is 20.8 Å². The number of nitrogens with zero attached hydrogens (tertiary/aromatic N) is 1. The minimum absolute atomic E-state index is 0.306. The van der Waals surface area contributed by atoms with Gasteiger partial charge in [0, 0.05) is 5.69 Å². The molecule has 0 atom stereocenters. The smallest absolute Gasteiger partial charge is 0.282 e. The van der Waals surface area contributed by atoms with Crippen LogP contribution in [0.15, 0.2) is 72.4 Å². The van der Waals surface area contributed by atoms with Crippen LogP contribution in [0.5, 0.6) is 0 Å². The summed E-state index contributed by atoms with van der Waals surface area (Å²) in [6.07, 6.45) is 3.23. The molecule has 0 bridgehead atoms. The summed E-state index contributed by atoms with van der Waals surface area (Å²) in [6.45, 7) is 8.21. The molecule has 2 amide bonds. The van der Waals surface area contributed by atoms with Crippen LogP contribution in [0.3, 0.4) is 0 Å². The molecule has 4 rings (SSSR count). The minimum atomic E-state index is -0.337. The van der Waals surface area contributed by atoms with E-state index >= 15 is 0 Å². The highest BCUT2D eigenvalue weighted by Gasteiger charge is 2.40. The normalized spacial score (nSPS) is 13.8. The van der Waals surface area contributed by atoms with Crippen molar-refractivity contribution in [2.75, 3.05) is 10.2 Å². The Labute approximate surface area is 195 Å². The largest absolute Gasteiger partial charge is 0.350 e. The van der Waals surface area contributed by atoms with Gasteiger partial charge in [-0.25, -0.2) is 4.90 Å².